The van der Waals surface area contributed by atoms with Crippen LogP contribution in [-0.4, -0.2) is 12.4 Å². The van der Waals surface area contributed by atoms with Crippen molar-refractivity contribution in [2.45, 2.75) is 53.9 Å². The van der Waals surface area contributed by atoms with Crippen molar-refractivity contribution in [3.8, 4) is 5.75 Å². The number of benzene rings is 1. The van der Waals surface area contributed by atoms with Gasteiger partial charge in [0, 0.05) is 17.9 Å². The first-order valence-electron chi connectivity index (χ1n) is 7.18. The molecular formula is C17H26O2. The molecular weight excluding hydrogens is 236 g/mol. The van der Waals surface area contributed by atoms with Gasteiger partial charge >= 0.3 is 0 Å². The van der Waals surface area contributed by atoms with Crippen LogP contribution < -0.4 is 4.74 Å². The molecule has 0 aliphatic heterocycles. The fourth-order valence-corrected chi connectivity index (χ4v) is 2.68. The normalized spacial score (nSPS) is 12.6. The van der Waals surface area contributed by atoms with Crippen molar-refractivity contribution in [2.75, 3.05) is 6.61 Å². The Hall–Kier alpha value is -1.31. The van der Waals surface area contributed by atoms with E-state index in [2.05, 4.69) is 39.8 Å². The van der Waals surface area contributed by atoms with Crippen LogP contribution in [0.1, 0.15) is 56.7 Å². The summed E-state index contributed by atoms with van der Waals surface area (Å²) in [6, 6.07) is 4.22. The summed E-state index contributed by atoms with van der Waals surface area (Å²) in [6.07, 6.45) is 0.571. The molecule has 0 amide bonds. The Labute approximate surface area is 117 Å². The van der Waals surface area contributed by atoms with E-state index in [1.165, 1.54) is 5.56 Å². The van der Waals surface area contributed by atoms with Crippen molar-refractivity contribution >= 4 is 5.78 Å². The Balaban J connectivity index is 3.39. The van der Waals surface area contributed by atoms with Gasteiger partial charge in [-0.2, -0.15) is 0 Å². The standard InChI is InChI=1S/C17H26O2/c1-7-15(18)16(11(3)4)14-10-12(5)9-13(6)17(14)19-8-2/h9-11,16H,7-8H2,1-6H3. The van der Waals surface area contributed by atoms with Gasteiger partial charge in [0.2, 0.25) is 0 Å². The average molecular weight is 262 g/mol. The minimum atomic E-state index is -0.0647. The highest BCUT2D eigenvalue weighted by Crippen LogP contribution is 2.36. The number of carbonyl (C=O) groups is 1. The molecule has 0 aliphatic carbocycles. The highest BCUT2D eigenvalue weighted by atomic mass is 16.5. The molecule has 19 heavy (non-hydrogen) atoms. The molecule has 1 rings (SSSR count). The first-order valence-corrected chi connectivity index (χ1v) is 7.18. The summed E-state index contributed by atoms with van der Waals surface area (Å²) in [7, 11) is 0. The maximum Gasteiger partial charge on any atom is 0.140 e. The maximum atomic E-state index is 12.3. The van der Waals surface area contributed by atoms with Crippen molar-refractivity contribution in [1.82, 2.24) is 0 Å². The summed E-state index contributed by atoms with van der Waals surface area (Å²) in [5, 5.41) is 0. The smallest absolute Gasteiger partial charge is 0.140 e. The Bertz CT molecular complexity index is 447. The molecule has 1 atom stereocenters. The minimum Gasteiger partial charge on any atom is -0.493 e. The van der Waals surface area contributed by atoms with Gasteiger partial charge < -0.3 is 4.74 Å². The molecule has 0 bridgehead atoms. The van der Waals surface area contributed by atoms with Gasteiger partial charge in [-0.1, -0.05) is 38.5 Å². The van der Waals surface area contributed by atoms with E-state index in [0.717, 1.165) is 16.9 Å². The Morgan fingerprint density at radius 1 is 1.21 bits per heavy atom. The predicted octanol–water partition coefficient (Wildman–Crippen LogP) is 4.42. The Kier molecular flexibility index (Phi) is 5.59. The predicted molar refractivity (Wildman–Crippen MR) is 80.0 cm³/mol. The molecule has 0 aliphatic rings. The number of ether oxygens (including phenoxy) is 1. The van der Waals surface area contributed by atoms with Gasteiger partial charge in [0.1, 0.15) is 11.5 Å². The van der Waals surface area contributed by atoms with Gasteiger partial charge in [-0.05, 0) is 32.3 Å². The van der Waals surface area contributed by atoms with E-state index in [1.54, 1.807) is 0 Å². The van der Waals surface area contributed by atoms with E-state index in [9.17, 15) is 4.79 Å². The van der Waals surface area contributed by atoms with Crippen molar-refractivity contribution < 1.29 is 9.53 Å². The number of aryl methyl sites for hydroxylation is 2. The zero-order valence-corrected chi connectivity index (χ0v) is 13.0. The van der Waals surface area contributed by atoms with E-state index in [1.807, 2.05) is 13.8 Å². The second-order valence-electron chi connectivity index (χ2n) is 5.47. The zero-order chi connectivity index (χ0) is 14.6. The van der Waals surface area contributed by atoms with Gasteiger partial charge in [-0.25, -0.2) is 0 Å². The van der Waals surface area contributed by atoms with Crippen molar-refractivity contribution in [3.05, 3.63) is 28.8 Å². The summed E-state index contributed by atoms with van der Waals surface area (Å²) in [5.74, 6) is 1.41. The third kappa shape index (κ3) is 3.59. The van der Waals surface area contributed by atoms with Crippen LogP contribution >= 0.6 is 0 Å². The quantitative estimate of drug-likeness (QED) is 0.758. The van der Waals surface area contributed by atoms with E-state index in [0.29, 0.717) is 18.8 Å². The van der Waals surface area contributed by atoms with Crippen LogP contribution in [0, 0.1) is 19.8 Å². The maximum absolute atomic E-state index is 12.3. The molecule has 106 valence electrons. The Morgan fingerprint density at radius 3 is 2.32 bits per heavy atom. The van der Waals surface area contributed by atoms with Gasteiger partial charge in [0.25, 0.3) is 0 Å². The lowest BCUT2D eigenvalue weighted by Gasteiger charge is -2.24. The first kappa shape index (κ1) is 15.7. The van der Waals surface area contributed by atoms with Gasteiger partial charge in [-0.15, -0.1) is 0 Å². The van der Waals surface area contributed by atoms with E-state index < -0.39 is 0 Å². The summed E-state index contributed by atoms with van der Waals surface area (Å²) < 4.78 is 5.80. The molecule has 1 aromatic rings. The largest absolute Gasteiger partial charge is 0.493 e. The lowest BCUT2D eigenvalue weighted by Crippen LogP contribution is -2.19. The fourth-order valence-electron chi connectivity index (χ4n) is 2.68. The summed E-state index contributed by atoms with van der Waals surface area (Å²) >= 11 is 0. The second kappa shape index (κ2) is 6.74. The van der Waals surface area contributed by atoms with E-state index in [-0.39, 0.29) is 11.8 Å². The number of rotatable bonds is 6. The van der Waals surface area contributed by atoms with Crippen LogP contribution in [0.3, 0.4) is 0 Å². The molecule has 0 saturated carbocycles. The fraction of sp³-hybridized carbons (Fsp3) is 0.588. The molecule has 0 N–H and O–H groups in total. The zero-order valence-electron chi connectivity index (χ0n) is 13.0. The number of ketones is 1. The molecule has 2 nitrogen and oxygen atoms in total. The van der Waals surface area contributed by atoms with Gasteiger partial charge in [-0.3, -0.25) is 4.79 Å². The van der Waals surface area contributed by atoms with Crippen LogP contribution in [0.15, 0.2) is 12.1 Å². The minimum absolute atomic E-state index is 0.0647. The van der Waals surface area contributed by atoms with Crippen LogP contribution in [0.2, 0.25) is 0 Å². The van der Waals surface area contributed by atoms with Crippen molar-refractivity contribution in [2.24, 2.45) is 5.92 Å². The molecule has 0 radical (unpaired) electrons. The molecule has 1 unspecified atom stereocenters. The van der Waals surface area contributed by atoms with E-state index in [4.69, 9.17) is 4.74 Å². The highest BCUT2D eigenvalue weighted by Gasteiger charge is 2.26. The third-order valence-corrected chi connectivity index (χ3v) is 3.43. The van der Waals surface area contributed by atoms with Gasteiger partial charge in [0.05, 0.1) is 6.61 Å². The van der Waals surface area contributed by atoms with Crippen LogP contribution in [0.5, 0.6) is 5.75 Å². The lowest BCUT2D eigenvalue weighted by atomic mass is 9.82. The first-order chi connectivity index (χ1) is 8.92. The number of Topliss-reactive ketones (excluding diaryl/α,β-unsaturated/α-hetero) is 1. The van der Waals surface area contributed by atoms with Crippen LogP contribution in [0.25, 0.3) is 0 Å². The van der Waals surface area contributed by atoms with Gasteiger partial charge in [0.15, 0.2) is 0 Å². The number of hydrogen-bond acceptors (Lipinski definition) is 2. The topological polar surface area (TPSA) is 26.3 Å². The number of hydrogen-bond donors (Lipinski definition) is 0. The molecule has 1 aromatic carbocycles. The average Bonchev–Trinajstić information content (AvgIpc) is 2.32. The van der Waals surface area contributed by atoms with Crippen molar-refractivity contribution in [3.63, 3.8) is 0 Å². The molecule has 0 heterocycles. The van der Waals surface area contributed by atoms with E-state index >= 15 is 0 Å². The third-order valence-electron chi connectivity index (χ3n) is 3.43. The Morgan fingerprint density at radius 2 is 1.84 bits per heavy atom. The summed E-state index contributed by atoms with van der Waals surface area (Å²) in [5.41, 5.74) is 3.36. The monoisotopic (exact) mass is 262 g/mol. The van der Waals surface area contributed by atoms with Crippen LogP contribution in [0.4, 0.5) is 0 Å². The highest BCUT2D eigenvalue weighted by molar-refractivity contribution is 5.86. The second-order valence-corrected chi connectivity index (χ2v) is 5.47. The molecule has 0 spiro atoms. The summed E-state index contributed by atoms with van der Waals surface area (Å²) in [4.78, 5) is 12.3. The SMILES string of the molecule is CCOc1c(C)cc(C)cc1C(C(=O)CC)C(C)C. The molecule has 0 aromatic heterocycles. The van der Waals surface area contributed by atoms with Crippen molar-refractivity contribution in [1.29, 1.82) is 0 Å². The van der Waals surface area contributed by atoms with Crippen LogP contribution in [-0.2, 0) is 4.79 Å². The summed E-state index contributed by atoms with van der Waals surface area (Å²) in [6.45, 7) is 12.9. The molecule has 0 saturated heterocycles. The molecule has 0 fully saturated rings. The molecule has 2 heteroatoms. The number of carbonyl (C=O) groups excluding carboxylic acids is 1. The lowest BCUT2D eigenvalue weighted by molar-refractivity contribution is -0.121.